The smallest absolute Gasteiger partial charge is 0.244 e. The van der Waals surface area contributed by atoms with Gasteiger partial charge in [-0.2, -0.15) is 0 Å². The summed E-state index contributed by atoms with van der Waals surface area (Å²) in [5.74, 6) is -1.74. The Labute approximate surface area is 190 Å². The third kappa shape index (κ3) is 6.56. The van der Waals surface area contributed by atoms with Crippen molar-refractivity contribution in [2.75, 3.05) is 24.2 Å². The Balaban J connectivity index is 2.40. The highest BCUT2D eigenvalue weighted by molar-refractivity contribution is 7.92. The second-order valence-corrected chi connectivity index (χ2v) is 9.53. The van der Waals surface area contributed by atoms with E-state index < -0.39 is 40.2 Å². The summed E-state index contributed by atoms with van der Waals surface area (Å²) >= 11 is 12.0. The lowest BCUT2D eigenvalue weighted by atomic mass is 10.1. The molecule has 0 saturated heterocycles. The van der Waals surface area contributed by atoms with E-state index in [0.29, 0.717) is 10.6 Å². The number of carbonyl (C=O) groups is 2. The number of anilines is 1. The summed E-state index contributed by atoms with van der Waals surface area (Å²) < 4.78 is 39.1. The molecule has 2 rings (SSSR count). The minimum absolute atomic E-state index is 0.00191. The number of carbonyl (C=O) groups excluding carboxylic acids is 2. The van der Waals surface area contributed by atoms with E-state index in [2.05, 4.69) is 5.32 Å². The fraction of sp³-hybridized carbons (Fsp3) is 0.300. The van der Waals surface area contributed by atoms with Gasteiger partial charge in [0.25, 0.3) is 0 Å². The number of hydrogen-bond acceptors (Lipinski definition) is 4. The maximum atomic E-state index is 13.7. The van der Waals surface area contributed by atoms with E-state index in [-0.39, 0.29) is 17.3 Å². The molecule has 2 aromatic carbocycles. The number of amides is 2. The summed E-state index contributed by atoms with van der Waals surface area (Å²) in [5, 5.41) is 3.07. The van der Waals surface area contributed by atoms with Crippen LogP contribution in [0.2, 0.25) is 10.0 Å². The van der Waals surface area contributed by atoms with Gasteiger partial charge in [-0.3, -0.25) is 13.9 Å². The molecule has 0 heterocycles. The van der Waals surface area contributed by atoms with Crippen LogP contribution in [0, 0.1) is 5.82 Å². The van der Waals surface area contributed by atoms with E-state index in [1.807, 2.05) is 0 Å². The Kier molecular flexibility index (Phi) is 8.27. The normalized spacial score (nSPS) is 12.2. The second-order valence-electron chi connectivity index (χ2n) is 6.81. The van der Waals surface area contributed by atoms with Crippen molar-refractivity contribution in [3.8, 4) is 0 Å². The lowest BCUT2D eigenvalue weighted by Crippen LogP contribution is -2.50. The Morgan fingerprint density at radius 3 is 2.35 bits per heavy atom. The van der Waals surface area contributed by atoms with Crippen LogP contribution in [0.4, 0.5) is 10.1 Å². The standard InChI is InChI=1S/C20H22Cl2FN3O4S/c1-13(20(28)24-2)25(11-14-7-8-17(21)18(22)9-14)19(27)12-26(31(3,29)30)16-6-4-5-15(23)10-16/h4-10,13H,11-12H2,1-3H3,(H,24,28)/t13-/m0/s1. The van der Waals surface area contributed by atoms with Gasteiger partial charge >= 0.3 is 0 Å². The molecule has 168 valence electrons. The van der Waals surface area contributed by atoms with Crippen molar-refractivity contribution in [2.24, 2.45) is 0 Å². The van der Waals surface area contributed by atoms with Gasteiger partial charge in [-0.25, -0.2) is 12.8 Å². The highest BCUT2D eigenvalue weighted by atomic mass is 35.5. The van der Waals surface area contributed by atoms with Crippen LogP contribution in [-0.2, 0) is 26.2 Å². The van der Waals surface area contributed by atoms with E-state index in [0.717, 1.165) is 22.7 Å². The molecule has 0 aromatic heterocycles. The molecule has 1 atom stereocenters. The summed E-state index contributed by atoms with van der Waals surface area (Å²) in [4.78, 5) is 26.6. The van der Waals surface area contributed by atoms with Crippen molar-refractivity contribution in [3.63, 3.8) is 0 Å². The number of rotatable bonds is 8. The van der Waals surface area contributed by atoms with Crippen molar-refractivity contribution in [3.05, 3.63) is 63.9 Å². The van der Waals surface area contributed by atoms with E-state index in [1.165, 1.54) is 31.0 Å². The summed E-state index contributed by atoms with van der Waals surface area (Å²) in [6.07, 6.45) is 0.913. The molecule has 2 aromatic rings. The van der Waals surface area contributed by atoms with Crippen LogP contribution in [-0.4, -0.2) is 51.0 Å². The minimum Gasteiger partial charge on any atom is -0.357 e. The molecule has 11 heteroatoms. The van der Waals surface area contributed by atoms with E-state index in [4.69, 9.17) is 23.2 Å². The zero-order valence-corrected chi connectivity index (χ0v) is 19.4. The molecule has 0 bridgehead atoms. The van der Waals surface area contributed by atoms with Crippen molar-refractivity contribution >= 4 is 50.7 Å². The Morgan fingerprint density at radius 1 is 1.13 bits per heavy atom. The topological polar surface area (TPSA) is 86.8 Å². The van der Waals surface area contributed by atoms with Crippen LogP contribution < -0.4 is 9.62 Å². The molecule has 31 heavy (non-hydrogen) atoms. The lowest BCUT2D eigenvalue weighted by molar-refractivity contribution is -0.139. The zero-order chi connectivity index (χ0) is 23.3. The lowest BCUT2D eigenvalue weighted by Gasteiger charge is -2.31. The van der Waals surface area contributed by atoms with Gasteiger partial charge in [-0.15, -0.1) is 0 Å². The predicted molar refractivity (Wildman–Crippen MR) is 119 cm³/mol. The van der Waals surface area contributed by atoms with Crippen molar-refractivity contribution in [1.29, 1.82) is 0 Å². The molecule has 7 nitrogen and oxygen atoms in total. The van der Waals surface area contributed by atoms with Crippen LogP contribution in [0.15, 0.2) is 42.5 Å². The maximum Gasteiger partial charge on any atom is 0.244 e. The third-order valence-electron chi connectivity index (χ3n) is 4.53. The van der Waals surface area contributed by atoms with Gasteiger partial charge < -0.3 is 10.2 Å². The molecule has 0 aliphatic rings. The second kappa shape index (κ2) is 10.3. The van der Waals surface area contributed by atoms with Crippen molar-refractivity contribution in [2.45, 2.75) is 19.5 Å². The molecule has 0 unspecified atom stereocenters. The first-order valence-electron chi connectivity index (χ1n) is 9.12. The maximum absolute atomic E-state index is 13.7. The molecule has 0 radical (unpaired) electrons. The predicted octanol–water partition coefficient (Wildman–Crippen LogP) is 3.06. The Morgan fingerprint density at radius 2 is 1.81 bits per heavy atom. The third-order valence-corrected chi connectivity index (χ3v) is 6.41. The average molecular weight is 490 g/mol. The number of hydrogen-bond donors (Lipinski definition) is 1. The van der Waals surface area contributed by atoms with Gasteiger partial charge in [0.15, 0.2) is 0 Å². The number of nitrogens with zero attached hydrogens (tertiary/aromatic N) is 2. The van der Waals surface area contributed by atoms with Gasteiger partial charge in [0.05, 0.1) is 22.0 Å². The monoisotopic (exact) mass is 489 g/mol. The van der Waals surface area contributed by atoms with Crippen LogP contribution >= 0.6 is 23.2 Å². The zero-order valence-electron chi connectivity index (χ0n) is 17.1. The summed E-state index contributed by atoms with van der Waals surface area (Å²) in [5.41, 5.74) is 0.591. The summed E-state index contributed by atoms with van der Waals surface area (Å²) in [7, 11) is -2.49. The van der Waals surface area contributed by atoms with Crippen LogP contribution in [0.25, 0.3) is 0 Å². The quantitative estimate of drug-likeness (QED) is 0.617. The SMILES string of the molecule is CNC(=O)[C@H](C)N(Cc1ccc(Cl)c(Cl)c1)C(=O)CN(c1cccc(F)c1)S(C)(=O)=O. The summed E-state index contributed by atoms with van der Waals surface area (Å²) in [6.45, 7) is 0.872. The molecule has 1 N–H and O–H groups in total. The number of likely N-dealkylation sites (N-methyl/N-ethyl adjacent to an activating group) is 1. The average Bonchev–Trinajstić information content (AvgIpc) is 2.70. The van der Waals surface area contributed by atoms with Gasteiger partial charge in [-0.1, -0.05) is 35.3 Å². The molecule has 2 amide bonds. The Hall–Kier alpha value is -2.36. The highest BCUT2D eigenvalue weighted by Gasteiger charge is 2.29. The first-order chi connectivity index (χ1) is 14.4. The largest absolute Gasteiger partial charge is 0.357 e. The van der Waals surface area contributed by atoms with Crippen LogP contribution in [0.1, 0.15) is 12.5 Å². The van der Waals surface area contributed by atoms with Gasteiger partial charge in [0, 0.05) is 13.6 Å². The van der Waals surface area contributed by atoms with E-state index >= 15 is 0 Å². The van der Waals surface area contributed by atoms with Gasteiger partial charge in [0.2, 0.25) is 21.8 Å². The fourth-order valence-electron chi connectivity index (χ4n) is 2.87. The van der Waals surface area contributed by atoms with Crippen molar-refractivity contribution in [1.82, 2.24) is 10.2 Å². The molecular formula is C20H22Cl2FN3O4S. The van der Waals surface area contributed by atoms with Crippen molar-refractivity contribution < 1.29 is 22.4 Å². The molecule has 0 aliphatic heterocycles. The first kappa shape index (κ1) is 24.9. The molecule has 0 fully saturated rings. The first-order valence-corrected chi connectivity index (χ1v) is 11.7. The molecule has 0 aliphatic carbocycles. The number of sulfonamides is 1. The fourth-order valence-corrected chi connectivity index (χ4v) is 4.03. The highest BCUT2D eigenvalue weighted by Crippen LogP contribution is 2.24. The molecule has 0 spiro atoms. The Bertz CT molecular complexity index is 1080. The number of nitrogens with one attached hydrogen (secondary N) is 1. The van der Waals surface area contributed by atoms with E-state index in [9.17, 15) is 22.4 Å². The van der Waals surface area contributed by atoms with Crippen LogP contribution in [0.3, 0.4) is 0 Å². The van der Waals surface area contributed by atoms with Crippen LogP contribution in [0.5, 0.6) is 0 Å². The molecule has 0 saturated carbocycles. The van der Waals surface area contributed by atoms with Gasteiger partial charge in [0.1, 0.15) is 18.4 Å². The molecular weight excluding hydrogens is 468 g/mol. The van der Waals surface area contributed by atoms with E-state index in [1.54, 1.807) is 18.2 Å². The number of benzene rings is 2. The van der Waals surface area contributed by atoms with Gasteiger partial charge in [-0.05, 0) is 42.8 Å². The summed E-state index contributed by atoms with van der Waals surface area (Å²) in [6, 6.07) is 8.74. The minimum atomic E-state index is -3.92. The number of halogens is 3.